The van der Waals surface area contributed by atoms with Crippen molar-refractivity contribution in [1.82, 2.24) is 4.98 Å². The summed E-state index contributed by atoms with van der Waals surface area (Å²) in [4.78, 5) is 16.1. The van der Waals surface area contributed by atoms with E-state index in [0.717, 1.165) is 6.07 Å². The molecule has 104 valence electrons. The molecule has 1 N–H and O–H groups in total. The molecule has 0 fully saturated rings. The van der Waals surface area contributed by atoms with Crippen molar-refractivity contribution >= 4 is 50.7 Å². The normalized spacial score (nSPS) is 10.4. The highest BCUT2D eigenvalue weighted by molar-refractivity contribution is 9.10. The second-order valence-corrected chi connectivity index (χ2v) is 5.67. The first-order chi connectivity index (χ1) is 9.36. The van der Waals surface area contributed by atoms with Gasteiger partial charge in [-0.1, -0.05) is 23.2 Å². The number of carbonyl (C=O) groups is 1. The predicted octanol–water partition coefficient (Wildman–Crippen LogP) is 4.85. The van der Waals surface area contributed by atoms with Gasteiger partial charge < -0.3 is 5.32 Å². The number of amides is 1. The fourth-order valence-electron chi connectivity index (χ4n) is 1.61. The molecule has 0 radical (unpaired) electrons. The monoisotopic (exact) mass is 376 g/mol. The lowest BCUT2D eigenvalue weighted by Crippen LogP contribution is -2.13. The third-order valence-electron chi connectivity index (χ3n) is 2.43. The fourth-order valence-corrected chi connectivity index (χ4v) is 2.76. The number of hydrogen-bond acceptors (Lipinski definition) is 2. The number of nitrogens with zero attached hydrogens (tertiary/aromatic N) is 1. The van der Waals surface area contributed by atoms with Gasteiger partial charge in [-0.25, -0.2) is 9.37 Å². The van der Waals surface area contributed by atoms with E-state index < -0.39 is 11.7 Å². The second kappa shape index (κ2) is 6.08. The number of pyridine rings is 1. The summed E-state index contributed by atoms with van der Waals surface area (Å²) in [5.74, 6) is -0.908. The van der Waals surface area contributed by atoms with E-state index in [9.17, 15) is 9.18 Å². The van der Waals surface area contributed by atoms with Crippen LogP contribution >= 0.6 is 39.1 Å². The molecular weight excluding hydrogens is 370 g/mol. The van der Waals surface area contributed by atoms with E-state index in [0.29, 0.717) is 21.4 Å². The minimum Gasteiger partial charge on any atom is -0.320 e. The molecule has 0 aliphatic heterocycles. The van der Waals surface area contributed by atoms with Crippen LogP contribution in [0.2, 0.25) is 10.2 Å². The van der Waals surface area contributed by atoms with Crippen LogP contribution in [0, 0.1) is 12.7 Å². The van der Waals surface area contributed by atoms with Crippen LogP contribution < -0.4 is 5.32 Å². The maximum atomic E-state index is 13.1. The van der Waals surface area contributed by atoms with Gasteiger partial charge in [0.05, 0.1) is 10.7 Å². The Hall–Kier alpha value is -1.17. The Kier molecular flexibility index (Phi) is 4.62. The molecule has 1 aromatic carbocycles. The Morgan fingerprint density at radius 1 is 1.30 bits per heavy atom. The Morgan fingerprint density at radius 2 is 2.00 bits per heavy atom. The van der Waals surface area contributed by atoms with Crippen LogP contribution in [0.4, 0.5) is 10.1 Å². The minimum absolute atomic E-state index is 0.0992. The molecule has 0 aliphatic carbocycles. The van der Waals surface area contributed by atoms with Crippen molar-refractivity contribution in [3.63, 3.8) is 0 Å². The zero-order chi connectivity index (χ0) is 14.9. The summed E-state index contributed by atoms with van der Waals surface area (Å²) in [5.41, 5.74) is 1.25. The standard InChI is InChI=1S/C13H8BrCl2FN2O/c1-6-2-7(3-11(16)18-6)13(20)19-12-9(14)4-8(17)5-10(12)15/h2-5H,1H3,(H,19,20). The number of aryl methyl sites for hydroxylation is 1. The van der Waals surface area contributed by atoms with Gasteiger partial charge in [-0.05, 0) is 47.1 Å². The molecule has 3 nitrogen and oxygen atoms in total. The number of anilines is 1. The van der Waals surface area contributed by atoms with Gasteiger partial charge >= 0.3 is 0 Å². The van der Waals surface area contributed by atoms with Crippen molar-refractivity contribution in [3.05, 3.63) is 56.0 Å². The summed E-state index contributed by atoms with van der Waals surface area (Å²) in [6.07, 6.45) is 0. The van der Waals surface area contributed by atoms with Crippen molar-refractivity contribution in [3.8, 4) is 0 Å². The van der Waals surface area contributed by atoms with E-state index in [-0.39, 0.29) is 10.2 Å². The van der Waals surface area contributed by atoms with Gasteiger partial charge in [0.15, 0.2) is 0 Å². The Balaban J connectivity index is 2.32. The van der Waals surface area contributed by atoms with Crippen molar-refractivity contribution in [2.45, 2.75) is 6.92 Å². The lowest BCUT2D eigenvalue weighted by Gasteiger charge is -2.10. The first kappa shape index (κ1) is 15.2. The van der Waals surface area contributed by atoms with Gasteiger partial charge in [-0.15, -0.1) is 0 Å². The summed E-state index contributed by atoms with van der Waals surface area (Å²) in [7, 11) is 0. The van der Waals surface area contributed by atoms with Crippen LogP contribution in [0.25, 0.3) is 0 Å². The van der Waals surface area contributed by atoms with Crippen molar-refractivity contribution in [1.29, 1.82) is 0 Å². The second-order valence-electron chi connectivity index (χ2n) is 4.02. The quantitative estimate of drug-likeness (QED) is 0.760. The smallest absolute Gasteiger partial charge is 0.255 e. The first-order valence-electron chi connectivity index (χ1n) is 5.47. The molecule has 0 unspecified atom stereocenters. The highest BCUT2D eigenvalue weighted by Gasteiger charge is 2.14. The van der Waals surface area contributed by atoms with E-state index in [2.05, 4.69) is 26.2 Å². The number of aromatic nitrogens is 1. The number of halogens is 4. The molecule has 0 saturated heterocycles. The molecule has 1 amide bonds. The molecular formula is C13H8BrCl2FN2O. The molecule has 0 saturated carbocycles. The summed E-state index contributed by atoms with van der Waals surface area (Å²) in [6, 6.07) is 5.36. The highest BCUT2D eigenvalue weighted by atomic mass is 79.9. The molecule has 0 spiro atoms. The molecule has 0 bridgehead atoms. The van der Waals surface area contributed by atoms with Crippen molar-refractivity contribution in [2.75, 3.05) is 5.32 Å². The zero-order valence-corrected chi connectivity index (χ0v) is 13.3. The molecule has 0 aliphatic rings. The number of rotatable bonds is 2. The fraction of sp³-hybridized carbons (Fsp3) is 0.0769. The van der Waals surface area contributed by atoms with Gasteiger partial charge in [0.25, 0.3) is 5.91 Å². The maximum Gasteiger partial charge on any atom is 0.255 e. The number of carbonyl (C=O) groups excluding carboxylic acids is 1. The van der Waals surface area contributed by atoms with Crippen LogP contribution in [0.1, 0.15) is 16.1 Å². The third kappa shape index (κ3) is 3.48. The minimum atomic E-state index is -0.498. The van der Waals surface area contributed by atoms with Crippen molar-refractivity contribution < 1.29 is 9.18 Å². The topological polar surface area (TPSA) is 42.0 Å². The number of benzene rings is 1. The molecule has 1 aromatic heterocycles. The van der Waals surface area contributed by atoms with Crippen LogP contribution in [-0.4, -0.2) is 10.9 Å². The Bertz CT molecular complexity index is 651. The van der Waals surface area contributed by atoms with Crippen LogP contribution in [0.3, 0.4) is 0 Å². The van der Waals surface area contributed by atoms with Crippen LogP contribution in [-0.2, 0) is 0 Å². The molecule has 2 rings (SSSR count). The Morgan fingerprint density at radius 3 is 2.60 bits per heavy atom. The largest absolute Gasteiger partial charge is 0.320 e. The highest BCUT2D eigenvalue weighted by Crippen LogP contribution is 2.32. The van der Waals surface area contributed by atoms with Gasteiger partial charge in [0, 0.05) is 15.7 Å². The van der Waals surface area contributed by atoms with Gasteiger partial charge in [-0.3, -0.25) is 4.79 Å². The molecule has 2 aromatic rings. The Labute approximate surface area is 133 Å². The molecule has 20 heavy (non-hydrogen) atoms. The molecule has 7 heteroatoms. The van der Waals surface area contributed by atoms with Gasteiger partial charge in [0.1, 0.15) is 11.0 Å². The first-order valence-corrected chi connectivity index (χ1v) is 7.02. The van der Waals surface area contributed by atoms with Crippen molar-refractivity contribution in [2.24, 2.45) is 0 Å². The van der Waals surface area contributed by atoms with E-state index in [4.69, 9.17) is 23.2 Å². The predicted molar refractivity (Wildman–Crippen MR) is 81.0 cm³/mol. The average Bonchev–Trinajstić information content (AvgIpc) is 2.32. The molecule has 1 heterocycles. The summed E-state index contributed by atoms with van der Waals surface area (Å²) in [5, 5.41) is 2.93. The lowest BCUT2D eigenvalue weighted by atomic mass is 10.2. The zero-order valence-electron chi connectivity index (χ0n) is 10.2. The van der Waals surface area contributed by atoms with E-state index in [1.807, 2.05) is 0 Å². The van der Waals surface area contributed by atoms with E-state index >= 15 is 0 Å². The maximum absolute atomic E-state index is 13.1. The van der Waals surface area contributed by atoms with E-state index in [1.165, 1.54) is 12.1 Å². The van der Waals surface area contributed by atoms with Gasteiger partial charge in [-0.2, -0.15) is 0 Å². The number of nitrogens with one attached hydrogen (secondary N) is 1. The summed E-state index contributed by atoms with van der Waals surface area (Å²) >= 11 is 14.9. The average molecular weight is 378 g/mol. The summed E-state index contributed by atoms with van der Waals surface area (Å²) in [6.45, 7) is 1.73. The molecule has 0 atom stereocenters. The number of hydrogen-bond donors (Lipinski definition) is 1. The van der Waals surface area contributed by atoms with Gasteiger partial charge in [0.2, 0.25) is 0 Å². The summed E-state index contributed by atoms with van der Waals surface area (Å²) < 4.78 is 13.5. The van der Waals surface area contributed by atoms with Crippen LogP contribution in [0.15, 0.2) is 28.7 Å². The lowest BCUT2D eigenvalue weighted by molar-refractivity contribution is 0.102. The SMILES string of the molecule is Cc1cc(C(=O)Nc2c(Cl)cc(F)cc2Br)cc(Cl)n1. The van der Waals surface area contributed by atoms with Crippen LogP contribution in [0.5, 0.6) is 0 Å². The third-order valence-corrected chi connectivity index (χ3v) is 3.55. The van der Waals surface area contributed by atoms with E-state index in [1.54, 1.807) is 13.0 Å².